The van der Waals surface area contributed by atoms with Crippen LogP contribution in [0.3, 0.4) is 0 Å². The van der Waals surface area contributed by atoms with E-state index < -0.39 is 0 Å². The van der Waals surface area contributed by atoms with E-state index in [9.17, 15) is 0 Å². The Morgan fingerprint density at radius 1 is 0.438 bits per heavy atom. The zero-order chi connectivity index (χ0) is 21.5. The summed E-state index contributed by atoms with van der Waals surface area (Å²) in [6.45, 7) is 0. The van der Waals surface area contributed by atoms with Crippen molar-refractivity contribution in [3.05, 3.63) is 126 Å². The first-order valence-electron chi connectivity index (χ1n) is 10.7. The second kappa shape index (κ2) is 7.71. The van der Waals surface area contributed by atoms with Crippen LogP contribution in [0.1, 0.15) is 0 Å². The number of halogens is 1. The van der Waals surface area contributed by atoms with Crippen LogP contribution in [0.5, 0.6) is 0 Å². The van der Waals surface area contributed by atoms with Crippen LogP contribution in [0.2, 0.25) is 5.02 Å². The maximum Gasteiger partial charge on any atom is 0.0541 e. The summed E-state index contributed by atoms with van der Waals surface area (Å²) in [6, 6.07) is 42.6. The Hall–Kier alpha value is -3.81. The van der Waals surface area contributed by atoms with Crippen LogP contribution >= 0.6 is 11.6 Å². The quantitative estimate of drug-likeness (QED) is 0.265. The molecule has 2 heteroatoms. The summed E-state index contributed by atoms with van der Waals surface area (Å²) >= 11 is 6.19. The molecule has 6 rings (SSSR count). The monoisotopic (exact) mass is 429 g/mol. The minimum Gasteiger partial charge on any atom is -0.309 e. The Bertz CT molecular complexity index is 1560. The van der Waals surface area contributed by atoms with E-state index in [1.165, 1.54) is 32.9 Å². The van der Waals surface area contributed by atoms with E-state index in [0.29, 0.717) is 0 Å². The van der Waals surface area contributed by atoms with E-state index in [1.807, 2.05) is 18.2 Å². The van der Waals surface area contributed by atoms with Crippen LogP contribution in [-0.2, 0) is 0 Å². The Morgan fingerprint density at radius 2 is 1.06 bits per heavy atom. The van der Waals surface area contributed by atoms with Gasteiger partial charge in [0.25, 0.3) is 0 Å². The van der Waals surface area contributed by atoms with Crippen molar-refractivity contribution in [1.82, 2.24) is 4.57 Å². The summed E-state index contributed by atoms with van der Waals surface area (Å²) in [4.78, 5) is 0. The molecule has 152 valence electrons. The molecule has 32 heavy (non-hydrogen) atoms. The van der Waals surface area contributed by atoms with Crippen LogP contribution in [0.4, 0.5) is 0 Å². The molecule has 0 saturated heterocycles. The molecule has 6 aromatic rings. The Kier molecular flexibility index (Phi) is 4.56. The topological polar surface area (TPSA) is 4.93 Å². The molecule has 1 nitrogen and oxygen atoms in total. The fraction of sp³-hybridized carbons (Fsp3) is 0. The molecule has 0 saturated carbocycles. The zero-order valence-corrected chi connectivity index (χ0v) is 18.1. The van der Waals surface area contributed by atoms with E-state index in [4.69, 9.17) is 11.6 Å². The SMILES string of the molecule is Clc1cccc(-c2ccc(-n3c4ccccc4c4cc(-c5ccccc5)ccc43)cc2)c1. The fourth-order valence-electron chi connectivity index (χ4n) is 4.53. The molecule has 0 N–H and O–H groups in total. The lowest BCUT2D eigenvalue weighted by molar-refractivity contribution is 1.18. The van der Waals surface area contributed by atoms with Crippen molar-refractivity contribution in [2.24, 2.45) is 0 Å². The van der Waals surface area contributed by atoms with Crippen molar-refractivity contribution in [1.29, 1.82) is 0 Å². The van der Waals surface area contributed by atoms with Gasteiger partial charge < -0.3 is 4.57 Å². The van der Waals surface area contributed by atoms with E-state index in [1.54, 1.807) is 0 Å². The maximum atomic E-state index is 6.19. The molecule has 0 aliphatic rings. The van der Waals surface area contributed by atoms with E-state index in [2.05, 4.69) is 108 Å². The number of nitrogens with zero attached hydrogens (tertiary/aromatic N) is 1. The van der Waals surface area contributed by atoms with Crippen LogP contribution in [0, 0.1) is 0 Å². The molecule has 0 amide bonds. The molecule has 5 aromatic carbocycles. The van der Waals surface area contributed by atoms with Crippen molar-refractivity contribution in [3.8, 4) is 27.9 Å². The van der Waals surface area contributed by atoms with E-state index in [-0.39, 0.29) is 0 Å². The second-order valence-corrected chi connectivity index (χ2v) is 8.44. The first kappa shape index (κ1) is 18.9. The standard InChI is InChI=1S/C30H20ClN/c31-25-10-6-9-23(19-25)22-13-16-26(17-14-22)32-29-12-5-4-11-27(29)28-20-24(15-18-30(28)32)21-7-2-1-3-8-21/h1-20H. The van der Waals surface area contributed by atoms with Gasteiger partial charge in [0, 0.05) is 21.5 Å². The lowest BCUT2D eigenvalue weighted by atomic mass is 10.0. The van der Waals surface area contributed by atoms with Gasteiger partial charge in [-0.2, -0.15) is 0 Å². The predicted octanol–water partition coefficient (Wildman–Crippen LogP) is 8.77. The van der Waals surface area contributed by atoms with Gasteiger partial charge in [-0.1, -0.05) is 90.5 Å². The number of rotatable bonds is 3. The molecule has 0 fully saturated rings. The van der Waals surface area contributed by atoms with Crippen molar-refractivity contribution >= 4 is 33.4 Å². The molecular weight excluding hydrogens is 410 g/mol. The Morgan fingerprint density at radius 3 is 1.88 bits per heavy atom. The van der Waals surface area contributed by atoms with Crippen LogP contribution in [0.25, 0.3) is 49.7 Å². The lowest BCUT2D eigenvalue weighted by Crippen LogP contribution is -1.93. The number of fused-ring (bicyclic) bond motifs is 3. The minimum atomic E-state index is 0.753. The van der Waals surface area contributed by atoms with Gasteiger partial charge in [-0.25, -0.2) is 0 Å². The molecule has 0 atom stereocenters. The van der Waals surface area contributed by atoms with Gasteiger partial charge in [-0.05, 0) is 64.7 Å². The highest BCUT2D eigenvalue weighted by Crippen LogP contribution is 2.35. The fourth-order valence-corrected chi connectivity index (χ4v) is 4.72. The third kappa shape index (κ3) is 3.19. The largest absolute Gasteiger partial charge is 0.309 e. The van der Waals surface area contributed by atoms with E-state index >= 15 is 0 Å². The zero-order valence-electron chi connectivity index (χ0n) is 17.4. The number of aromatic nitrogens is 1. The normalized spacial score (nSPS) is 11.3. The van der Waals surface area contributed by atoms with Gasteiger partial charge in [-0.3, -0.25) is 0 Å². The molecule has 1 heterocycles. The van der Waals surface area contributed by atoms with Gasteiger partial charge in [0.15, 0.2) is 0 Å². The molecule has 0 bridgehead atoms. The Labute approximate surface area is 192 Å². The van der Waals surface area contributed by atoms with Crippen LogP contribution in [-0.4, -0.2) is 4.57 Å². The average molecular weight is 430 g/mol. The predicted molar refractivity (Wildman–Crippen MR) is 137 cm³/mol. The summed E-state index contributed by atoms with van der Waals surface area (Å²) in [5.74, 6) is 0. The van der Waals surface area contributed by atoms with Gasteiger partial charge in [0.05, 0.1) is 11.0 Å². The highest BCUT2D eigenvalue weighted by Gasteiger charge is 2.13. The summed E-state index contributed by atoms with van der Waals surface area (Å²) in [5, 5.41) is 3.28. The summed E-state index contributed by atoms with van der Waals surface area (Å²) in [5.41, 5.74) is 8.32. The molecular formula is C30H20ClN. The Balaban J connectivity index is 1.53. The number of hydrogen-bond donors (Lipinski definition) is 0. The van der Waals surface area contributed by atoms with Gasteiger partial charge >= 0.3 is 0 Å². The van der Waals surface area contributed by atoms with Gasteiger partial charge in [0.1, 0.15) is 0 Å². The number of hydrogen-bond acceptors (Lipinski definition) is 0. The summed E-state index contributed by atoms with van der Waals surface area (Å²) < 4.78 is 2.35. The third-order valence-corrected chi connectivity index (χ3v) is 6.30. The molecule has 0 spiro atoms. The highest BCUT2D eigenvalue weighted by molar-refractivity contribution is 6.30. The van der Waals surface area contributed by atoms with Crippen molar-refractivity contribution < 1.29 is 0 Å². The van der Waals surface area contributed by atoms with Crippen molar-refractivity contribution in [3.63, 3.8) is 0 Å². The molecule has 0 aliphatic heterocycles. The molecule has 1 aromatic heterocycles. The molecule has 0 unspecified atom stereocenters. The summed E-state index contributed by atoms with van der Waals surface area (Å²) in [6.07, 6.45) is 0. The number of benzene rings is 5. The second-order valence-electron chi connectivity index (χ2n) is 8.01. The average Bonchev–Trinajstić information content (AvgIpc) is 3.18. The first-order chi connectivity index (χ1) is 15.8. The van der Waals surface area contributed by atoms with E-state index in [0.717, 1.165) is 21.8 Å². The van der Waals surface area contributed by atoms with Crippen LogP contribution in [0.15, 0.2) is 121 Å². The summed E-state index contributed by atoms with van der Waals surface area (Å²) in [7, 11) is 0. The van der Waals surface area contributed by atoms with Gasteiger partial charge in [0.2, 0.25) is 0 Å². The van der Waals surface area contributed by atoms with Gasteiger partial charge in [-0.15, -0.1) is 0 Å². The van der Waals surface area contributed by atoms with Crippen molar-refractivity contribution in [2.45, 2.75) is 0 Å². The smallest absolute Gasteiger partial charge is 0.0541 e. The first-order valence-corrected chi connectivity index (χ1v) is 11.1. The maximum absolute atomic E-state index is 6.19. The van der Waals surface area contributed by atoms with Crippen LogP contribution < -0.4 is 0 Å². The third-order valence-electron chi connectivity index (χ3n) is 6.06. The molecule has 0 aliphatic carbocycles. The van der Waals surface area contributed by atoms with Crippen molar-refractivity contribution in [2.75, 3.05) is 0 Å². The lowest BCUT2D eigenvalue weighted by Gasteiger charge is -2.10. The highest BCUT2D eigenvalue weighted by atomic mass is 35.5. The molecule has 0 radical (unpaired) electrons. The minimum absolute atomic E-state index is 0.753. The number of para-hydroxylation sites is 1.